The molecule has 1 heterocycles. The minimum atomic E-state index is 0.831. The van der Waals surface area contributed by atoms with Gasteiger partial charge in [0.2, 0.25) is 0 Å². The lowest BCUT2D eigenvalue weighted by atomic mass is 10.0. The van der Waals surface area contributed by atoms with Crippen LogP contribution in [-0.2, 0) is 0 Å². The van der Waals surface area contributed by atoms with Crippen LogP contribution in [-0.4, -0.2) is 4.98 Å². The maximum atomic E-state index is 3.42. The summed E-state index contributed by atoms with van der Waals surface area (Å²) in [6.07, 6.45) is 7.70. The molecule has 1 aliphatic carbocycles. The first kappa shape index (κ1) is 7.41. The predicted molar refractivity (Wildman–Crippen MR) is 49.7 cm³/mol. The van der Waals surface area contributed by atoms with E-state index in [9.17, 15) is 0 Å². The van der Waals surface area contributed by atoms with Gasteiger partial charge in [0.1, 0.15) is 0 Å². The van der Waals surface area contributed by atoms with Gasteiger partial charge in [-0.3, -0.25) is 0 Å². The molecule has 1 aromatic heterocycles. The summed E-state index contributed by atoms with van der Waals surface area (Å²) in [7, 11) is 0. The fraction of sp³-hybridized carbons (Fsp3) is 0.556. The van der Waals surface area contributed by atoms with E-state index in [1.54, 1.807) is 0 Å². The van der Waals surface area contributed by atoms with Gasteiger partial charge in [-0.15, -0.1) is 0 Å². The molecular formula is C9H12BrN. The Labute approximate surface area is 75.3 Å². The highest BCUT2D eigenvalue weighted by Gasteiger charge is 2.17. The normalized spacial score (nSPS) is 19.4. The lowest BCUT2D eigenvalue weighted by Gasteiger charge is -2.03. The Balaban J connectivity index is 2.15. The first-order chi connectivity index (χ1) is 5.36. The lowest BCUT2D eigenvalue weighted by molar-refractivity contribution is 0.724. The molecular weight excluding hydrogens is 202 g/mol. The molecule has 1 nitrogen and oxygen atoms in total. The van der Waals surface area contributed by atoms with Crippen molar-refractivity contribution >= 4 is 15.9 Å². The van der Waals surface area contributed by atoms with Gasteiger partial charge in [-0.05, 0) is 46.3 Å². The highest BCUT2D eigenvalue weighted by molar-refractivity contribution is 9.10. The van der Waals surface area contributed by atoms with Gasteiger partial charge in [0.05, 0.1) is 4.60 Å². The van der Waals surface area contributed by atoms with Gasteiger partial charge in [-0.1, -0.05) is 12.8 Å². The molecule has 0 unspecified atom stereocenters. The standard InChI is InChI=1S/C9H12BrN/c10-9-5-8(6-11-9)7-3-1-2-4-7/h5-7,11H,1-4H2. The second kappa shape index (κ2) is 3.02. The van der Waals surface area contributed by atoms with Gasteiger partial charge in [-0.25, -0.2) is 0 Å². The third-order valence-corrected chi connectivity index (χ3v) is 2.95. The summed E-state index contributed by atoms with van der Waals surface area (Å²) >= 11 is 3.42. The Bertz CT molecular complexity index is 235. The summed E-state index contributed by atoms with van der Waals surface area (Å²) in [6.45, 7) is 0. The first-order valence-corrected chi connectivity index (χ1v) is 4.99. The minimum Gasteiger partial charge on any atom is -0.356 e. The van der Waals surface area contributed by atoms with Crippen LogP contribution in [0.2, 0.25) is 0 Å². The van der Waals surface area contributed by atoms with Gasteiger partial charge in [0.25, 0.3) is 0 Å². The SMILES string of the molecule is Brc1cc(C2CCCC2)c[nH]1. The largest absolute Gasteiger partial charge is 0.356 e. The van der Waals surface area contributed by atoms with E-state index < -0.39 is 0 Å². The summed E-state index contributed by atoms with van der Waals surface area (Å²) in [5.41, 5.74) is 1.48. The Hall–Kier alpha value is -0.240. The lowest BCUT2D eigenvalue weighted by Crippen LogP contribution is -1.87. The van der Waals surface area contributed by atoms with Crippen molar-refractivity contribution in [1.82, 2.24) is 4.98 Å². The van der Waals surface area contributed by atoms with Crippen molar-refractivity contribution in [2.24, 2.45) is 0 Å². The Morgan fingerprint density at radius 3 is 2.64 bits per heavy atom. The molecule has 0 spiro atoms. The zero-order valence-corrected chi connectivity index (χ0v) is 8.02. The van der Waals surface area contributed by atoms with Crippen LogP contribution in [0, 0.1) is 0 Å². The summed E-state index contributed by atoms with van der Waals surface area (Å²) < 4.78 is 1.11. The highest BCUT2D eigenvalue weighted by atomic mass is 79.9. The van der Waals surface area contributed by atoms with Crippen LogP contribution >= 0.6 is 15.9 Å². The van der Waals surface area contributed by atoms with E-state index in [2.05, 4.69) is 33.2 Å². The smallest absolute Gasteiger partial charge is 0.0822 e. The van der Waals surface area contributed by atoms with Crippen LogP contribution in [0.5, 0.6) is 0 Å². The molecule has 60 valence electrons. The number of rotatable bonds is 1. The van der Waals surface area contributed by atoms with E-state index in [1.165, 1.54) is 31.2 Å². The second-order valence-electron chi connectivity index (χ2n) is 3.26. The van der Waals surface area contributed by atoms with E-state index in [4.69, 9.17) is 0 Å². The molecule has 1 aromatic rings. The van der Waals surface area contributed by atoms with E-state index >= 15 is 0 Å². The maximum Gasteiger partial charge on any atom is 0.0822 e. The third-order valence-electron chi connectivity index (χ3n) is 2.50. The second-order valence-corrected chi connectivity index (χ2v) is 4.12. The van der Waals surface area contributed by atoms with E-state index in [-0.39, 0.29) is 0 Å². The van der Waals surface area contributed by atoms with Crippen LogP contribution in [0.15, 0.2) is 16.9 Å². The molecule has 0 aliphatic heterocycles. The molecule has 0 aromatic carbocycles. The Morgan fingerprint density at radius 1 is 1.36 bits per heavy atom. The molecule has 0 amide bonds. The number of nitrogens with one attached hydrogen (secondary N) is 1. The topological polar surface area (TPSA) is 15.8 Å². The fourth-order valence-electron chi connectivity index (χ4n) is 1.88. The van der Waals surface area contributed by atoms with Crippen LogP contribution in [0.25, 0.3) is 0 Å². The van der Waals surface area contributed by atoms with Gasteiger partial charge >= 0.3 is 0 Å². The van der Waals surface area contributed by atoms with E-state index in [1.807, 2.05) is 0 Å². The zero-order chi connectivity index (χ0) is 7.68. The minimum absolute atomic E-state index is 0.831. The molecule has 0 saturated heterocycles. The summed E-state index contributed by atoms with van der Waals surface area (Å²) in [5, 5.41) is 0. The van der Waals surface area contributed by atoms with Crippen LogP contribution < -0.4 is 0 Å². The monoisotopic (exact) mass is 213 g/mol. The van der Waals surface area contributed by atoms with E-state index in [0.717, 1.165) is 10.5 Å². The summed E-state index contributed by atoms with van der Waals surface area (Å²) in [4.78, 5) is 3.16. The quantitative estimate of drug-likeness (QED) is 0.737. The molecule has 11 heavy (non-hydrogen) atoms. The van der Waals surface area contributed by atoms with Crippen molar-refractivity contribution in [3.63, 3.8) is 0 Å². The van der Waals surface area contributed by atoms with Crippen LogP contribution in [0.1, 0.15) is 37.2 Å². The molecule has 0 bridgehead atoms. The van der Waals surface area contributed by atoms with Gasteiger partial charge < -0.3 is 4.98 Å². The van der Waals surface area contributed by atoms with Crippen LogP contribution in [0.4, 0.5) is 0 Å². The van der Waals surface area contributed by atoms with Gasteiger partial charge in [0.15, 0.2) is 0 Å². The molecule has 1 saturated carbocycles. The fourth-order valence-corrected chi connectivity index (χ4v) is 2.26. The van der Waals surface area contributed by atoms with Crippen molar-refractivity contribution in [1.29, 1.82) is 0 Å². The molecule has 2 rings (SSSR count). The van der Waals surface area contributed by atoms with Gasteiger partial charge in [-0.2, -0.15) is 0 Å². The summed E-state index contributed by atoms with van der Waals surface area (Å²) in [5.74, 6) is 0.831. The predicted octanol–water partition coefficient (Wildman–Crippen LogP) is 3.43. The number of H-pyrrole nitrogens is 1. The Kier molecular flexibility index (Phi) is 2.03. The van der Waals surface area contributed by atoms with Crippen molar-refractivity contribution < 1.29 is 0 Å². The molecule has 2 heteroatoms. The van der Waals surface area contributed by atoms with Crippen molar-refractivity contribution in [3.05, 3.63) is 22.4 Å². The number of aromatic amines is 1. The maximum absolute atomic E-state index is 3.42. The van der Waals surface area contributed by atoms with Crippen LogP contribution in [0.3, 0.4) is 0 Å². The highest BCUT2D eigenvalue weighted by Crippen LogP contribution is 2.34. The number of hydrogen-bond donors (Lipinski definition) is 1. The number of hydrogen-bond acceptors (Lipinski definition) is 0. The van der Waals surface area contributed by atoms with Crippen molar-refractivity contribution in [3.8, 4) is 0 Å². The first-order valence-electron chi connectivity index (χ1n) is 4.20. The van der Waals surface area contributed by atoms with Crippen molar-refractivity contribution in [2.75, 3.05) is 0 Å². The van der Waals surface area contributed by atoms with Gasteiger partial charge in [0, 0.05) is 6.20 Å². The molecule has 1 N–H and O–H groups in total. The molecule has 1 fully saturated rings. The number of aromatic nitrogens is 1. The average molecular weight is 214 g/mol. The third kappa shape index (κ3) is 1.51. The molecule has 0 atom stereocenters. The van der Waals surface area contributed by atoms with Crippen molar-refractivity contribution in [2.45, 2.75) is 31.6 Å². The summed E-state index contributed by atoms with van der Waals surface area (Å²) in [6, 6.07) is 2.20. The average Bonchev–Trinajstić information content (AvgIpc) is 2.55. The number of halogens is 1. The zero-order valence-electron chi connectivity index (χ0n) is 6.44. The Morgan fingerprint density at radius 2 is 2.09 bits per heavy atom. The molecule has 0 radical (unpaired) electrons. The molecule has 1 aliphatic rings. The van der Waals surface area contributed by atoms with E-state index in [0.29, 0.717) is 0 Å².